The lowest BCUT2D eigenvalue weighted by Crippen LogP contribution is -2.08. The second-order valence-corrected chi connectivity index (χ2v) is 3.83. The number of hydrogen-bond acceptors (Lipinski definition) is 5. The summed E-state index contributed by atoms with van der Waals surface area (Å²) in [5.74, 6) is -0.0746. The Balaban J connectivity index is 2.63. The molecule has 18 heavy (non-hydrogen) atoms. The number of ether oxygens (including phenoxy) is 1. The summed E-state index contributed by atoms with van der Waals surface area (Å²) in [4.78, 5) is 20.2. The number of esters is 1. The molecule has 2 heterocycles. The van der Waals surface area contributed by atoms with E-state index in [0.29, 0.717) is 28.9 Å². The zero-order valence-corrected chi connectivity index (χ0v) is 10.4. The predicted octanol–water partition coefficient (Wildman–Crippen LogP) is 1.95. The molecular weight excluding hydrogens is 230 g/mol. The van der Waals surface area contributed by atoms with Crippen LogP contribution in [0.15, 0.2) is 18.3 Å². The van der Waals surface area contributed by atoms with E-state index in [4.69, 9.17) is 10.5 Å². The molecule has 0 radical (unpaired) electrons. The lowest BCUT2D eigenvalue weighted by atomic mass is 10.1. The normalized spacial score (nSPS) is 10.6. The first kappa shape index (κ1) is 12.3. The van der Waals surface area contributed by atoms with Crippen molar-refractivity contribution >= 4 is 22.7 Å². The van der Waals surface area contributed by atoms with Crippen LogP contribution in [0.4, 0.5) is 5.82 Å². The van der Waals surface area contributed by atoms with Gasteiger partial charge in [0.15, 0.2) is 0 Å². The number of fused-ring (bicyclic) bond motifs is 1. The summed E-state index contributed by atoms with van der Waals surface area (Å²) in [6, 6.07) is 3.72. The number of rotatable bonds is 3. The van der Waals surface area contributed by atoms with E-state index in [2.05, 4.69) is 9.97 Å². The van der Waals surface area contributed by atoms with Crippen LogP contribution in [0.5, 0.6) is 0 Å². The van der Waals surface area contributed by atoms with Crippen LogP contribution in [0.1, 0.15) is 29.9 Å². The van der Waals surface area contributed by atoms with E-state index in [9.17, 15) is 4.79 Å². The van der Waals surface area contributed by atoms with Gasteiger partial charge in [0, 0.05) is 17.3 Å². The summed E-state index contributed by atoms with van der Waals surface area (Å²) in [5.41, 5.74) is 7.67. The molecule has 2 aromatic rings. The smallest absolute Gasteiger partial charge is 0.340 e. The van der Waals surface area contributed by atoms with Crippen molar-refractivity contribution in [2.45, 2.75) is 20.3 Å². The summed E-state index contributed by atoms with van der Waals surface area (Å²) < 4.78 is 4.98. The second-order valence-electron chi connectivity index (χ2n) is 3.83. The van der Waals surface area contributed by atoms with Crippen molar-refractivity contribution in [1.29, 1.82) is 0 Å². The van der Waals surface area contributed by atoms with Gasteiger partial charge in [-0.05, 0) is 25.5 Å². The highest BCUT2D eigenvalue weighted by Crippen LogP contribution is 2.22. The minimum absolute atomic E-state index is 0.325. The summed E-state index contributed by atoms with van der Waals surface area (Å²) in [7, 11) is 0. The van der Waals surface area contributed by atoms with Gasteiger partial charge in [0.05, 0.1) is 12.2 Å². The van der Waals surface area contributed by atoms with E-state index in [-0.39, 0.29) is 0 Å². The first-order valence-corrected chi connectivity index (χ1v) is 5.88. The Bertz CT molecular complexity index is 596. The van der Waals surface area contributed by atoms with Crippen molar-refractivity contribution < 1.29 is 9.53 Å². The molecule has 5 nitrogen and oxygen atoms in total. The molecule has 0 fully saturated rings. The van der Waals surface area contributed by atoms with Crippen LogP contribution in [0, 0.1) is 0 Å². The molecule has 2 rings (SSSR count). The number of nitrogen functional groups attached to an aromatic ring is 1. The van der Waals surface area contributed by atoms with E-state index in [0.717, 1.165) is 12.1 Å². The molecule has 0 atom stereocenters. The molecule has 0 aromatic carbocycles. The molecule has 0 saturated carbocycles. The highest BCUT2D eigenvalue weighted by Gasteiger charge is 2.14. The summed E-state index contributed by atoms with van der Waals surface area (Å²) in [5, 5.41) is 0.679. The predicted molar refractivity (Wildman–Crippen MR) is 69.3 cm³/mol. The number of nitrogens with zero attached hydrogens (tertiary/aromatic N) is 2. The molecule has 0 aliphatic rings. The van der Waals surface area contributed by atoms with Gasteiger partial charge in [-0.15, -0.1) is 0 Å². The van der Waals surface area contributed by atoms with Gasteiger partial charge in [-0.1, -0.05) is 6.92 Å². The molecule has 2 aromatic heterocycles. The van der Waals surface area contributed by atoms with Crippen molar-refractivity contribution in [1.82, 2.24) is 9.97 Å². The monoisotopic (exact) mass is 245 g/mol. The maximum Gasteiger partial charge on any atom is 0.340 e. The van der Waals surface area contributed by atoms with Crippen molar-refractivity contribution in [3.63, 3.8) is 0 Å². The molecule has 0 spiro atoms. The minimum atomic E-state index is -0.402. The van der Waals surface area contributed by atoms with Crippen molar-refractivity contribution in [3.8, 4) is 0 Å². The largest absolute Gasteiger partial charge is 0.462 e. The third-order valence-corrected chi connectivity index (χ3v) is 2.68. The minimum Gasteiger partial charge on any atom is -0.462 e. The number of nitrogens with two attached hydrogens (primary N) is 1. The van der Waals surface area contributed by atoms with E-state index in [1.54, 1.807) is 6.92 Å². The number of aromatic nitrogens is 2. The van der Waals surface area contributed by atoms with E-state index >= 15 is 0 Å². The fraction of sp³-hybridized carbons (Fsp3) is 0.308. The van der Waals surface area contributed by atoms with Crippen LogP contribution < -0.4 is 5.73 Å². The summed E-state index contributed by atoms with van der Waals surface area (Å²) in [6.07, 6.45) is 2.24. The number of hydrogen-bond donors (Lipinski definition) is 1. The van der Waals surface area contributed by atoms with Gasteiger partial charge in [0.1, 0.15) is 11.3 Å². The molecule has 5 heteroatoms. The Morgan fingerprint density at radius 1 is 1.39 bits per heavy atom. The van der Waals surface area contributed by atoms with Gasteiger partial charge in [0.2, 0.25) is 0 Å². The van der Waals surface area contributed by atoms with Crippen molar-refractivity contribution in [2.75, 3.05) is 12.3 Å². The molecule has 0 saturated heterocycles. The second kappa shape index (κ2) is 5.00. The van der Waals surface area contributed by atoms with Gasteiger partial charge in [-0.3, -0.25) is 0 Å². The quantitative estimate of drug-likeness (QED) is 0.836. The van der Waals surface area contributed by atoms with Crippen LogP contribution in [0.3, 0.4) is 0 Å². The first-order valence-electron chi connectivity index (χ1n) is 5.88. The summed E-state index contributed by atoms with van der Waals surface area (Å²) in [6.45, 7) is 4.09. The Morgan fingerprint density at radius 2 is 2.17 bits per heavy atom. The van der Waals surface area contributed by atoms with Crippen LogP contribution >= 0.6 is 0 Å². The highest BCUT2D eigenvalue weighted by atomic mass is 16.5. The van der Waals surface area contributed by atoms with Crippen LogP contribution in [0.2, 0.25) is 0 Å². The topological polar surface area (TPSA) is 78.1 Å². The summed E-state index contributed by atoms with van der Waals surface area (Å²) >= 11 is 0. The maximum atomic E-state index is 11.8. The Kier molecular flexibility index (Phi) is 3.41. The SMILES string of the molecule is CCOC(=O)c1cnc(N)c2nc(CC)ccc12. The van der Waals surface area contributed by atoms with Crippen molar-refractivity contribution in [3.05, 3.63) is 29.6 Å². The number of pyridine rings is 2. The van der Waals surface area contributed by atoms with E-state index in [1.165, 1.54) is 6.20 Å². The van der Waals surface area contributed by atoms with Gasteiger partial charge in [-0.2, -0.15) is 0 Å². The third-order valence-electron chi connectivity index (χ3n) is 2.68. The van der Waals surface area contributed by atoms with Crippen LogP contribution in [0.25, 0.3) is 10.9 Å². The maximum absolute atomic E-state index is 11.8. The Labute approximate surface area is 105 Å². The molecule has 94 valence electrons. The zero-order valence-electron chi connectivity index (χ0n) is 10.4. The molecule has 0 bridgehead atoms. The average Bonchev–Trinajstić information content (AvgIpc) is 2.39. The molecular formula is C13H15N3O2. The standard InChI is InChI=1S/C13H15N3O2/c1-3-8-5-6-9-10(13(17)18-4-2)7-15-12(14)11(9)16-8/h5-7H,3-4H2,1-2H3,(H2,14,15). The van der Waals surface area contributed by atoms with E-state index < -0.39 is 5.97 Å². The van der Waals surface area contributed by atoms with Gasteiger partial charge in [-0.25, -0.2) is 14.8 Å². The van der Waals surface area contributed by atoms with Gasteiger partial charge in [0.25, 0.3) is 0 Å². The van der Waals surface area contributed by atoms with E-state index in [1.807, 2.05) is 19.1 Å². The lowest BCUT2D eigenvalue weighted by Gasteiger charge is -2.08. The number of anilines is 1. The number of carbonyl (C=O) groups is 1. The number of aryl methyl sites for hydroxylation is 1. The third kappa shape index (κ3) is 2.11. The molecule has 2 N–H and O–H groups in total. The van der Waals surface area contributed by atoms with Crippen LogP contribution in [-0.2, 0) is 11.2 Å². The highest BCUT2D eigenvalue weighted by molar-refractivity contribution is 6.05. The molecule has 0 unspecified atom stereocenters. The van der Waals surface area contributed by atoms with Crippen molar-refractivity contribution in [2.24, 2.45) is 0 Å². The van der Waals surface area contributed by atoms with Crippen LogP contribution in [-0.4, -0.2) is 22.5 Å². The lowest BCUT2D eigenvalue weighted by molar-refractivity contribution is 0.0528. The van der Waals surface area contributed by atoms with Gasteiger partial charge >= 0.3 is 5.97 Å². The zero-order chi connectivity index (χ0) is 13.1. The molecule has 0 aliphatic heterocycles. The fourth-order valence-electron chi connectivity index (χ4n) is 1.75. The average molecular weight is 245 g/mol. The Hall–Kier alpha value is -2.17. The Morgan fingerprint density at radius 3 is 2.83 bits per heavy atom. The molecule has 0 amide bonds. The first-order chi connectivity index (χ1) is 8.67. The fourth-order valence-corrected chi connectivity index (χ4v) is 1.75. The van der Waals surface area contributed by atoms with Gasteiger partial charge < -0.3 is 10.5 Å². The molecule has 0 aliphatic carbocycles. The number of carbonyl (C=O) groups excluding carboxylic acids is 1.